The second-order valence-electron chi connectivity index (χ2n) is 6.52. The number of amides is 4. The number of rotatable bonds is 4. The fourth-order valence-electron chi connectivity index (χ4n) is 3.10. The monoisotopic (exact) mass is 376 g/mol. The number of urea groups is 1. The Labute approximate surface area is 157 Å². The molecule has 0 bridgehead atoms. The molecule has 0 aromatic heterocycles. The number of nitrogens with one attached hydrogen (secondary N) is 1. The summed E-state index contributed by atoms with van der Waals surface area (Å²) in [6.45, 7) is 5.28. The van der Waals surface area contributed by atoms with Crippen molar-refractivity contribution in [2.75, 3.05) is 50.3 Å². The van der Waals surface area contributed by atoms with Crippen molar-refractivity contribution in [1.82, 2.24) is 14.7 Å². The molecular formula is C18H24N4O3S. The molecule has 0 atom stereocenters. The summed E-state index contributed by atoms with van der Waals surface area (Å²) in [6.07, 6.45) is 0.349. The van der Waals surface area contributed by atoms with E-state index in [2.05, 4.69) is 5.32 Å². The molecule has 3 rings (SSSR count). The van der Waals surface area contributed by atoms with Gasteiger partial charge in [-0.1, -0.05) is 23.9 Å². The molecule has 0 spiro atoms. The van der Waals surface area contributed by atoms with Crippen LogP contribution in [-0.2, 0) is 4.79 Å². The van der Waals surface area contributed by atoms with E-state index in [0.29, 0.717) is 39.1 Å². The van der Waals surface area contributed by atoms with Gasteiger partial charge in [0.1, 0.15) is 0 Å². The lowest BCUT2D eigenvalue weighted by molar-refractivity contribution is -0.132. The fraction of sp³-hybridized carbons (Fsp3) is 0.500. The van der Waals surface area contributed by atoms with Gasteiger partial charge in [0, 0.05) is 57.1 Å². The highest BCUT2D eigenvalue weighted by Gasteiger charge is 2.26. The molecule has 2 saturated heterocycles. The van der Waals surface area contributed by atoms with Gasteiger partial charge in [-0.15, -0.1) is 0 Å². The van der Waals surface area contributed by atoms with Crippen LogP contribution in [0.3, 0.4) is 0 Å². The topological polar surface area (TPSA) is 73.0 Å². The molecule has 4 amide bonds. The highest BCUT2D eigenvalue weighted by molar-refractivity contribution is 8.13. The minimum Gasteiger partial charge on any atom is -0.339 e. The Morgan fingerprint density at radius 1 is 1.12 bits per heavy atom. The number of nitrogens with zero attached hydrogens (tertiary/aromatic N) is 3. The summed E-state index contributed by atoms with van der Waals surface area (Å²) in [6, 6.07) is 7.54. The van der Waals surface area contributed by atoms with Crippen molar-refractivity contribution in [3.05, 3.63) is 29.8 Å². The smallest absolute Gasteiger partial charge is 0.321 e. The van der Waals surface area contributed by atoms with Crippen LogP contribution in [0.25, 0.3) is 0 Å². The first-order valence-electron chi connectivity index (χ1n) is 8.85. The number of carbonyl (C=O) groups excluding carboxylic acids is 3. The van der Waals surface area contributed by atoms with Gasteiger partial charge >= 0.3 is 6.03 Å². The zero-order valence-electron chi connectivity index (χ0n) is 14.9. The molecule has 8 heteroatoms. The molecular weight excluding hydrogens is 352 g/mol. The van der Waals surface area contributed by atoms with E-state index in [1.54, 1.807) is 14.7 Å². The minimum atomic E-state index is -0.137. The first-order valence-corrected chi connectivity index (χ1v) is 9.83. The molecule has 1 aromatic rings. The molecule has 2 aliphatic rings. The number of carbonyl (C=O) groups is 3. The van der Waals surface area contributed by atoms with E-state index in [4.69, 9.17) is 0 Å². The van der Waals surface area contributed by atoms with Gasteiger partial charge in [-0.2, -0.15) is 0 Å². The summed E-state index contributed by atoms with van der Waals surface area (Å²) in [5.41, 5.74) is 1.87. The van der Waals surface area contributed by atoms with Crippen LogP contribution in [0.15, 0.2) is 24.3 Å². The second-order valence-corrected chi connectivity index (χ2v) is 7.57. The average Bonchev–Trinajstić information content (AvgIpc) is 3.05. The lowest BCUT2D eigenvalue weighted by Gasteiger charge is -2.35. The quantitative estimate of drug-likeness (QED) is 0.875. The van der Waals surface area contributed by atoms with Crippen molar-refractivity contribution in [3.63, 3.8) is 0 Å². The molecule has 2 aliphatic heterocycles. The van der Waals surface area contributed by atoms with Crippen LogP contribution in [0.1, 0.15) is 12.0 Å². The van der Waals surface area contributed by atoms with Crippen LogP contribution < -0.4 is 5.32 Å². The number of hydrogen-bond donors (Lipinski definition) is 1. The van der Waals surface area contributed by atoms with Gasteiger partial charge in [-0.25, -0.2) is 4.79 Å². The third kappa shape index (κ3) is 4.69. The average molecular weight is 376 g/mol. The van der Waals surface area contributed by atoms with Crippen molar-refractivity contribution in [1.29, 1.82) is 0 Å². The normalized spacial score (nSPS) is 17.6. The molecule has 26 heavy (non-hydrogen) atoms. The predicted octanol–water partition coefficient (Wildman–Crippen LogP) is 2.23. The van der Waals surface area contributed by atoms with Crippen molar-refractivity contribution >= 4 is 34.6 Å². The second kappa shape index (κ2) is 8.44. The standard InChI is InChI=1S/C18H24N4O3S/c1-14-3-2-4-15(13-14)19-17(24)21-9-7-20(8-10-21)16(23)5-6-22-11-12-26-18(22)25/h2-4,13H,5-12H2,1H3,(H,19,24). The Hall–Kier alpha value is -2.22. The highest BCUT2D eigenvalue weighted by atomic mass is 32.2. The summed E-state index contributed by atoms with van der Waals surface area (Å²) in [4.78, 5) is 41.5. The summed E-state index contributed by atoms with van der Waals surface area (Å²) < 4.78 is 0. The zero-order valence-corrected chi connectivity index (χ0v) is 15.8. The Balaban J connectivity index is 1.42. The number of piperazine rings is 1. The van der Waals surface area contributed by atoms with Crippen molar-refractivity contribution in [2.24, 2.45) is 0 Å². The van der Waals surface area contributed by atoms with Gasteiger partial charge in [-0.3, -0.25) is 9.59 Å². The van der Waals surface area contributed by atoms with Crippen LogP contribution in [0, 0.1) is 6.92 Å². The van der Waals surface area contributed by atoms with Crippen molar-refractivity contribution in [2.45, 2.75) is 13.3 Å². The molecule has 0 saturated carbocycles. The van der Waals surface area contributed by atoms with Crippen LogP contribution in [0.4, 0.5) is 15.3 Å². The lowest BCUT2D eigenvalue weighted by atomic mass is 10.2. The molecule has 0 aliphatic carbocycles. The van der Waals surface area contributed by atoms with E-state index in [0.717, 1.165) is 23.5 Å². The number of benzene rings is 1. The molecule has 1 aromatic carbocycles. The van der Waals surface area contributed by atoms with Crippen LogP contribution in [-0.4, -0.2) is 76.9 Å². The molecule has 2 heterocycles. The molecule has 2 fully saturated rings. The maximum atomic E-state index is 12.4. The van der Waals surface area contributed by atoms with Gasteiger partial charge in [0.15, 0.2) is 0 Å². The van der Waals surface area contributed by atoms with E-state index < -0.39 is 0 Å². The summed E-state index contributed by atoms with van der Waals surface area (Å²) in [7, 11) is 0. The largest absolute Gasteiger partial charge is 0.339 e. The maximum absolute atomic E-state index is 12.4. The number of hydrogen-bond acceptors (Lipinski definition) is 4. The van der Waals surface area contributed by atoms with Crippen LogP contribution in [0.5, 0.6) is 0 Å². The van der Waals surface area contributed by atoms with Crippen LogP contribution in [0.2, 0.25) is 0 Å². The zero-order chi connectivity index (χ0) is 18.5. The summed E-state index contributed by atoms with van der Waals surface area (Å²) in [5, 5.41) is 2.97. The van der Waals surface area contributed by atoms with E-state index in [1.165, 1.54) is 11.8 Å². The number of thioether (sulfide) groups is 1. The third-order valence-corrected chi connectivity index (χ3v) is 5.52. The molecule has 140 valence electrons. The molecule has 0 unspecified atom stereocenters. The van der Waals surface area contributed by atoms with E-state index in [1.807, 2.05) is 31.2 Å². The highest BCUT2D eigenvalue weighted by Crippen LogP contribution is 2.17. The van der Waals surface area contributed by atoms with E-state index in [-0.39, 0.29) is 17.2 Å². The van der Waals surface area contributed by atoms with Gasteiger partial charge < -0.3 is 20.0 Å². The SMILES string of the molecule is Cc1cccc(NC(=O)N2CCN(C(=O)CCN3CCSC3=O)CC2)c1. The van der Waals surface area contributed by atoms with Gasteiger partial charge in [0.2, 0.25) is 5.91 Å². The molecule has 7 nitrogen and oxygen atoms in total. The fourth-order valence-corrected chi connectivity index (χ4v) is 3.95. The first-order chi connectivity index (χ1) is 12.5. The third-order valence-electron chi connectivity index (χ3n) is 4.63. The van der Waals surface area contributed by atoms with Gasteiger partial charge in [0.25, 0.3) is 5.24 Å². The van der Waals surface area contributed by atoms with Crippen molar-refractivity contribution in [3.8, 4) is 0 Å². The molecule has 0 radical (unpaired) electrons. The Kier molecular flexibility index (Phi) is 6.03. The maximum Gasteiger partial charge on any atom is 0.321 e. The minimum absolute atomic E-state index is 0.0495. The van der Waals surface area contributed by atoms with Gasteiger partial charge in [-0.05, 0) is 24.6 Å². The molecule has 1 N–H and O–H groups in total. The Morgan fingerprint density at radius 2 is 1.85 bits per heavy atom. The summed E-state index contributed by atoms with van der Waals surface area (Å²) >= 11 is 1.31. The van der Waals surface area contributed by atoms with Crippen LogP contribution >= 0.6 is 11.8 Å². The van der Waals surface area contributed by atoms with Gasteiger partial charge in [0.05, 0.1) is 0 Å². The lowest BCUT2D eigenvalue weighted by Crippen LogP contribution is -2.52. The number of anilines is 1. The van der Waals surface area contributed by atoms with E-state index >= 15 is 0 Å². The first kappa shape index (κ1) is 18.6. The Morgan fingerprint density at radius 3 is 2.50 bits per heavy atom. The van der Waals surface area contributed by atoms with Crippen molar-refractivity contribution < 1.29 is 14.4 Å². The summed E-state index contributed by atoms with van der Waals surface area (Å²) in [5.74, 6) is 0.857. The van der Waals surface area contributed by atoms with E-state index in [9.17, 15) is 14.4 Å². The Bertz CT molecular complexity index is 689. The predicted molar refractivity (Wildman–Crippen MR) is 102 cm³/mol. The number of aryl methyl sites for hydroxylation is 1.